The summed E-state index contributed by atoms with van der Waals surface area (Å²) in [6.45, 7) is 5.80. The smallest absolute Gasteiger partial charge is 0.475 e. The second kappa shape index (κ2) is 10.1. The molecular weight excluding hydrogens is 389 g/mol. The minimum atomic E-state index is -5.08. The quantitative estimate of drug-likeness (QED) is 0.792. The maximum absolute atomic E-state index is 12.1. The number of likely N-dealkylation sites (tertiary alicyclic amines) is 1. The Bertz CT molecular complexity index is 694. The monoisotopic (exact) mass is 416 g/mol. The van der Waals surface area contributed by atoms with Gasteiger partial charge in [-0.15, -0.1) is 0 Å². The van der Waals surface area contributed by atoms with Gasteiger partial charge in [0.25, 0.3) is 0 Å². The van der Waals surface area contributed by atoms with Gasteiger partial charge >= 0.3 is 12.1 Å². The predicted molar refractivity (Wildman–Crippen MR) is 100 cm³/mol. The number of piperidine rings is 1. The fourth-order valence-electron chi connectivity index (χ4n) is 3.79. The van der Waals surface area contributed by atoms with Crippen molar-refractivity contribution >= 4 is 11.9 Å². The highest BCUT2D eigenvalue weighted by Gasteiger charge is 2.41. The van der Waals surface area contributed by atoms with Crippen LogP contribution in [0.3, 0.4) is 0 Å². The molecule has 2 heterocycles. The average molecular weight is 416 g/mol. The van der Waals surface area contributed by atoms with Gasteiger partial charge in [0.2, 0.25) is 5.91 Å². The first-order valence-corrected chi connectivity index (χ1v) is 9.53. The highest BCUT2D eigenvalue weighted by molar-refractivity contribution is 5.78. The van der Waals surface area contributed by atoms with Gasteiger partial charge < -0.3 is 15.2 Å². The normalized spacial score (nSPS) is 24.7. The summed E-state index contributed by atoms with van der Waals surface area (Å²) in [4.78, 5) is 23.5. The minimum absolute atomic E-state index is 0.101. The Morgan fingerprint density at radius 2 is 1.86 bits per heavy atom. The molecule has 0 aliphatic carbocycles. The van der Waals surface area contributed by atoms with Gasteiger partial charge in [0.15, 0.2) is 0 Å². The van der Waals surface area contributed by atoms with Crippen molar-refractivity contribution in [1.82, 2.24) is 10.2 Å². The van der Waals surface area contributed by atoms with Crippen molar-refractivity contribution in [1.29, 1.82) is 0 Å². The Labute approximate surface area is 168 Å². The van der Waals surface area contributed by atoms with Gasteiger partial charge in [0, 0.05) is 45.1 Å². The molecule has 0 spiro atoms. The van der Waals surface area contributed by atoms with E-state index < -0.39 is 12.1 Å². The molecule has 1 amide bonds. The summed E-state index contributed by atoms with van der Waals surface area (Å²) >= 11 is 0. The third kappa shape index (κ3) is 6.71. The van der Waals surface area contributed by atoms with Crippen molar-refractivity contribution in [2.45, 2.75) is 38.6 Å². The van der Waals surface area contributed by atoms with E-state index in [2.05, 4.69) is 41.4 Å². The summed E-state index contributed by atoms with van der Waals surface area (Å²) in [5.41, 5.74) is 2.64. The molecule has 0 saturated carbocycles. The number of amides is 1. The van der Waals surface area contributed by atoms with E-state index in [1.807, 2.05) is 0 Å². The molecule has 29 heavy (non-hydrogen) atoms. The maximum Gasteiger partial charge on any atom is 0.490 e. The molecule has 2 aliphatic rings. The van der Waals surface area contributed by atoms with Gasteiger partial charge in [-0.05, 0) is 25.3 Å². The molecule has 0 bridgehead atoms. The molecule has 0 radical (unpaired) electrons. The first kappa shape index (κ1) is 23.2. The molecule has 0 unspecified atom stereocenters. The van der Waals surface area contributed by atoms with Gasteiger partial charge in [-0.3, -0.25) is 9.69 Å². The number of carbonyl (C=O) groups excluding carboxylic acids is 1. The van der Waals surface area contributed by atoms with E-state index in [1.54, 1.807) is 7.05 Å². The minimum Gasteiger partial charge on any atom is -0.475 e. The number of carboxylic acid groups (broad SMARTS) is 1. The van der Waals surface area contributed by atoms with E-state index >= 15 is 0 Å². The Kier molecular flexibility index (Phi) is 8.04. The number of nitrogens with zero attached hydrogens (tertiary/aromatic N) is 1. The van der Waals surface area contributed by atoms with Crippen molar-refractivity contribution in [3.8, 4) is 0 Å². The first-order valence-electron chi connectivity index (χ1n) is 9.53. The van der Waals surface area contributed by atoms with E-state index in [0.717, 1.165) is 39.1 Å². The number of hydrogen-bond acceptors (Lipinski definition) is 4. The van der Waals surface area contributed by atoms with Crippen LogP contribution in [-0.2, 0) is 20.9 Å². The second-order valence-corrected chi connectivity index (χ2v) is 7.39. The average Bonchev–Trinajstić information content (AvgIpc) is 2.68. The number of hydrogen-bond donors (Lipinski definition) is 2. The number of nitrogens with one attached hydrogen (secondary N) is 1. The van der Waals surface area contributed by atoms with Crippen molar-refractivity contribution in [3.63, 3.8) is 0 Å². The van der Waals surface area contributed by atoms with Crippen molar-refractivity contribution in [2.24, 2.45) is 11.8 Å². The number of benzene rings is 1. The Balaban J connectivity index is 0.000000370. The Morgan fingerprint density at radius 3 is 2.41 bits per heavy atom. The number of aliphatic carboxylic acids is 1. The van der Waals surface area contributed by atoms with Crippen LogP contribution >= 0.6 is 0 Å². The van der Waals surface area contributed by atoms with Crippen LogP contribution < -0.4 is 5.32 Å². The fourth-order valence-corrected chi connectivity index (χ4v) is 3.79. The molecule has 2 saturated heterocycles. The number of ether oxygens (including phenoxy) is 1. The lowest BCUT2D eigenvalue weighted by Gasteiger charge is -2.44. The SMILES string of the molecule is CNC(=O)[C@@H]1CCO[C@@H]2CCN(Cc3ccc(C)cc3)C[C@@H]21.O=C(O)C(F)(F)F. The van der Waals surface area contributed by atoms with Crippen LogP contribution in [0, 0.1) is 18.8 Å². The zero-order valence-corrected chi connectivity index (χ0v) is 16.5. The van der Waals surface area contributed by atoms with Crippen LogP contribution in [0.1, 0.15) is 24.0 Å². The molecule has 1 aromatic carbocycles. The first-order chi connectivity index (χ1) is 13.6. The summed E-state index contributed by atoms with van der Waals surface area (Å²) < 4.78 is 37.7. The van der Waals surface area contributed by atoms with E-state index in [0.29, 0.717) is 5.92 Å². The molecule has 9 heteroatoms. The largest absolute Gasteiger partial charge is 0.490 e. The number of carboxylic acids is 1. The molecule has 3 atom stereocenters. The van der Waals surface area contributed by atoms with Crippen LogP contribution in [0.15, 0.2) is 24.3 Å². The molecule has 162 valence electrons. The Morgan fingerprint density at radius 1 is 1.24 bits per heavy atom. The molecule has 2 aliphatic heterocycles. The summed E-state index contributed by atoms with van der Waals surface area (Å²) in [6.07, 6.45) is -2.95. The van der Waals surface area contributed by atoms with Crippen molar-refractivity contribution in [3.05, 3.63) is 35.4 Å². The number of fused-ring (bicyclic) bond motifs is 1. The molecule has 6 nitrogen and oxygen atoms in total. The zero-order chi connectivity index (χ0) is 21.6. The third-order valence-electron chi connectivity index (χ3n) is 5.31. The topological polar surface area (TPSA) is 78.9 Å². The van der Waals surface area contributed by atoms with E-state index in [4.69, 9.17) is 14.6 Å². The summed E-state index contributed by atoms with van der Waals surface area (Å²) in [7, 11) is 1.74. The van der Waals surface area contributed by atoms with Gasteiger partial charge in [0.1, 0.15) is 0 Å². The van der Waals surface area contributed by atoms with Crippen LogP contribution in [0.5, 0.6) is 0 Å². The highest BCUT2D eigenvalue weighted by atomic mass is 19.4. The predicted octanol–water partition coefficient (Wildman–Crippen LogP) is 2.60. The number of rotatable bonds is 3. The van der Waals surface area contributed by atoms with Gasteiger partial charge in [0.05, 0.1) is 6.10 Å². The lowest BCUT2D eigenvalue weighted by molar-refractivity contribution is -0.192. The van der Waals surface area contributed by atoms with E-state index in [-0.39, 0.29) is 17.9 Å². The fraction of sp³-hybridized carbons (Fsp3) is 0.600. The third-order valence-corrected chi connectivity index (χ3v) is 5.31. The number of alkyl halides is 3. The maximum atomic E-state index is 12.1. The molecule has 0 aromatic heterocycles. The zero-order valence-electron chi connectivity index (χ0n) is 16.5. The van der Waals surface area contributed by atoms with Crippen LogP contribution in [0.4, 0.5) is 13.2 Å². The van der Waals surface area contributed by atoms with Gasteiger partial charge in [-0.1, -0.05) is 29.8 Å². The number of halogens is 3. The Hall–Kier alpha value is -2.13. The van der Waals surface area contributed by atoms with Crippen LogP contribution in [0.2, 0.25) is 0 Å². The summed E-state index contributed by atoms with van der Waals surface area (Å²) in [5, 5.41) is 9.95. The molecule has 3 rings (SSSR count). The lowest BCUT2D eigenvalue weighted by atomic mass is 9.79. The van der Waals surface area contributed by atoms with Gasteiger partial charge in [-0.2, -0.15) is 13.2 Å². The molecular formula is C20H27F3N2O4. The lowest BCUT2D eigenvalue weighted by Crippen LogP contribution is -2.52. The molecule has 1 aromatic rings. The summed E-state index contributed by atoms with van der Waals surface area (Å²) in [5.74, 6) is -2.15. The number of aryl methyl sites for hydroxylation is 1. The van der Waals surface area contributed by atoms with Crippen molar-refractivity contribution in [2.75, 3.05) is 26.7 Å². The van der Waals surface area contributed by atoms with Crippen LogP contribution in [0.25, 0.3) is 0 Å². The summed E-state index contributed by atoms with van der Waals surface area (Å²) in [6, 6.07) is 8.74. The van der Waals surface area contributed by atoms with E-state index in [9.17, 15) is 18.0 Å². The molecule has 2 N–H and O–H groups in total. The highest BCUT2D eigenvalue weighted by Crippen LogP contribution is 2.33. The van der Waals surface area contributed by atoms with Gasteiger partial charge in [-0.25, -0.2) is 4.79 Å². The number of carbonyl (C=O) groups is 2. The van der Waals surface area contributed by atoms with E-state index in [1.165, 1.54) is 11.1 Å². The van der Waals surface area contributed by atoms with Crippen LogP contribution in [-0.4, -0.2) is 60.9 Å². The second-order valence-electron chi connectivity index (χ2n) is 7.39. The standard InChI is InChI=1S/C18H26N2O2.C2HF3O2/c1-13-3-5-14(6-4-13)11-20-9-7-17-16(12-20)15(8-10-22-17)18(21)19-2;3-2(4,5)1(6)7/h3-6,15-17H,7-12H2,1-2H3,(H,19,21);(H,6,7)/t15-,16-,17-;/m1./s1. The molecule has 2 fully saturated rings. The van der Waals surface area contributed by atoms with Crippen molar-refractivity contribution < 1.29 is 32.6 Å².